The number of fused-ring (bicyclic) bond motifs is 2. The second-order valence-electron chi connectivity index (χ2n) is 6.95. The molecule has 0 aliphatic carbocycles. The van der Waals surface area contributed by atoms with Crippen molar-refractivity contribution in [3.8, 4) is 6.07 Å². The molecule has 0 amide bonds. The average Bonchev–Trinajstić information content (AvgIpc) is 3.41. The highest BCUT2D eigenvalue weighted by Gasteiger charge is 2.16. The Labute approximate surface area is 186 Å². The van der Waals surface area contributed by atoms with Crippen molar-refractivity contribution >= 4 is 39.8 Å². The fourth-order valence-electron chi connectivity index (χ4n) is 3.54. The van der Waals surface area contributed by atoms with Crippen LogP contribution in [-0.2, 0) is 12.3 Å². The first-order chi connectivity index (χ1) is 15.1. The largest absolute Gasteiger partial charge is 0.467 e. The summed E-state index contributed by atoms with van der Waals surface area (Å²) < 4.78 is 8.98. The summed E-state index contributed by atoms with van der Waals surface area (Å²) in [5, 5.41) is 11.2. The van der Waals surface area contributed by atoms with Crippen molar-refractivity contribution in [2.75, 3.05) is 0 Å². The fraction of sp³-hybridized carbons (Fsp3) is 0.0870. The molecule has 0 N–H and O–H groups in total. The molecule has 0 atom stereocenters. The van der Waals surface area contributed by atoms with Gasteiger partial charge in [-0.25, -0.2) is 4.98 Å². The maximum atomic E-state index is 13.2. The zero-order valence-electron chi connectivity index (χ0n) is 16.2. The quantitative estimate of drug-likeness (QED) is 0.277. The van der Waals surface area contributed by atoms with Crippen LogP contribution in [0.3, 0.4) is 0 Å². The molecular formula is C23H15ClN4O2S. The van der Waals surface area contributed by atoms with Gasteiger partial charge in [-0.3, -0.25) is 9.36 Å². The van der Waals surface area contributed by atoms with Gasteiger partial charge >= 0.3 is 0 Å². The summed E-state index contributed by atoms with van der Waals surface area (Å²) in [5.41, 5.74) is 2.73. The lowest BCUT2D eigenvalue weighted by Crippen LogP contribution is -2.23. The van der Waals surface area contributed by atoms with Gasteiger partial charge in [-0.05, 0) is 48.0 Å². The van der Waals surface area contributed by atoms with Gasteiger partial charge in [-0.2, -0.15) is 5.26 Å². The molecule has 152 valence electrons. The molecule has 0 saturated carbocycles. The van der Waals surface area contributed by atoms with E-state index in [1.54, 1.807) is 35.1 Å². The van der Waals surface area contributed by atoms with E-state index in [0.717, 1.165) is 11.1 Å². The van der Waals surface area contributed by atoms with Crippen molar-refractivity contribution in [3.05, 3.63) is 99.5 Å². The molecule has 5 rings (SSSR count). The molecule has 6 nitrogen and oxygen atoms in total. The lowest BCUT2D eigenvalue weighted by atomic mass is 10.2. The minimum atomic E-state index is -0.164. The van der Waals surface area contributed by atoms with Gasteiger partial charge in [0.05, 0.1) is 34.8 Å². The van der Waals surface area contributed by atoms with Crippen LogP contribution in [0.25, 0.3) is 16.4 Å². The molecule has 0 radical (unpaired) electrons. The van der Waals surface area contributed by atoms with Crippen molar-refractivity contribution in [3.63, 3.8) is 0 Å². The topological polar surface area (TPSA) is 76.2 Å². The maximum Gasteiger partial charge on any atom is 0.262 e. The Bertz CT molecular complexity index is 1510. The van der Waals surface area contributed by atoms with E-state index in [4.69, 9.17) is 21.0 Å². The van der Waals surface area contributed by atoms with Gasteiger partial charge in [0.25, 0.3) is 5.56 Å². The van der Waals surface area contributed by atoms with Crippen LogP contribution in [0.5, 0.6) is 0 Å². The Balaban J connectivity index is 1.58. The zero-order chi connectivity index (χ0) is 21.4. The number of nitrogens with zero attached hydrogens (tertiary/aromatic N) is 4. The summed E-state index contributed by atoms with van der Waals surface area (Å²) in [6.45, 7) is 0.266. The summed E-state index contributed by atoms with van der Waals surface area (Å²) in [7, 11) is 0. The van der Waals surface area contributed by atoms with Gasteiger partial charge in [0.1, 0.15) is 11.8 Å². The number of halogens is 1. The number of aromatic nitrogens is 3. The molecule has 4 heterocycles. The molecule has 0 aliphatic heterocycles. The van der Waals surface area contributed by atoms with Crippen LogP contribution in [0.4, 0.5) is 0 Å². The van der Waals surface area contributed by atoms with E-state index in [-0.39, 0.29) is 12.1 Å². The number of hydrogen-bond acceptors (Lipinski definition) is 5. The molecule has 8 heteroatoms. The van der Waals surface area contributed by atoms with Crippen molar-refractivity contribution in [2.24, 2.45) is 0 Å². The standard InChI is InChI=1S/C23H15ClN4O2S/c24-16-6-7-18-20(10-16)26-23(28(22(18)29)13-17-4-3-9-30-17)31-14-15-12-27-8-2-1-5-21(27)19(15)11-25/h1-10,12H,13-14H2. The Hall–Kier alpha value is -3.47. The fourth-order valence-corrected chi connectivity index (χ4v) is 4.68. The van der Waals surface area contributed by atoms with Crippen molar-refractivity contribution in [1.82, 2.24) is 14.0 Å². The van der Waals surface area contributed by atoms with Gasteiger partial charge in [0, 0.05) is 23.2 Å². The Morgan fingerprint density at radius 2 is 2.10 bits per heavy atom. The van der Waals surface area contributed by atoms with Crippen LogP contribution in [0.2, 0.25) is 5.02 Å². The Morgan fingerprint density at radius 3 is 2.90 bits per heavy atom. The number of hydrogen-bond donors (Lipinski definition) is 0. The van der Waals surface area contributed by atoms with Crippen LogP contribution in [0.15, 0.2) is 81.6 Å². The molecule has 0 spiro atoms. The SMILES string of the molecule is N#Cc1c(CSc2nc3cc(Cl)ccc3c(=O)n2Cc2ccco2)cn2ccccc12. The Morgan fingerprint density at radius 1 is 1.19 bits per heavy atom. The summed E-state index contributed by atoms with van der Waals surface area (Å²) >= 11 is 7.53. The van der Waals surface area contributed by atoms with Crippen LogP contribution in [0, 0.1) is 11.3 Å². The first-order valence-corrected chi connectivity index (χ1v) is 10.8. The minimum Gasteiger partial charge on any atom is -0.467 e. The first-order valence-electron chi connectivity index (χ1n) is 9.48. The summed E-state index contributed by atoms with van der Waals surface area (Å²) in [4.78, 5) is 17.9. The molecule has 1 aromatic carbocycles. The summed E-state index contributed by atoms with van der Waals surface area (Å²) in [6, 6.07) is 16.7. The number of benzene rings is 1. The highest BCUT2D eigenvalue weighted by atomic mass is 35.5. The molecule has 4 aromatic heterocycles. The molecule has 5 aromatic rings. The summed E-state index contributed by atoms with van der Waals surface area (Å²) in [5.74, 6) is 1.15. The number of nitriles is 1. The Kier molecular flexibility index (Phi) is 5.02. The molecular weight excluding hydrogens is 432 g/mol. The molecule has 0 aliphatic rings. The molecule has 0 unspecified atom stereocenters. The predicted molar refractivity (Wildman–Crippen MR) is 120 cm³/mol. The lowest BCUT2D eigenvalue weighted by Gasteiger charge is -2.12. The normalized spacial score (nSPS) is 11.2. The maximum absolute atomic E-state index is 13.2. The van der Waals surface area contributed by atoms with Crippen LogP contribution in [-0.4, -0.2) is 14.0 Å². The third-order valence-corrected chi connectivity index (χ3v) is 6.27. The van der Waals surface area contributed by atoms with E-state index in [2.05, 4.69) is 6.07 Å². The van der Waals surface area contributed by atoms with E-state index in [0.29, 0.717) is 38.2 Å². The van der Waals surface area contributed by atoms with Gasteiger partial charge < -0.3 is 8.82 Å². The summed E-state index contributed by atoms with van der Waals surface area (Å²) in [6.07, 6.45) is 5.43. The molecule has 0 fully saturated rings. The lowest BCUT2D eigenvalue weighted by molar-refractivity contribution is 0.476. The first kappa shape index (κ1) is 19.5. The molecule has 0 bridgehead atoms. The minimum absolute atomic E-state index is 0.164. The number of furan rings is 1. The number of rotatable bonds is 5. The van der Waals surface area contributed by atoms with E-state index in [1.807, 2.05) is 41.1 Å². The predicted octanol–water partition coefficient (Wildman–Crippen LogP) is 5.11. The monoisotopic (exact) mass is 446 g/mol. The van der Waals surface area contributed by atoms with Crippen LogP contribution < -0.4 is 5.56 Å². The van der Waals surface area contributed by atoms with Gasteiger partial charge in [-0.1, -0.05) is 29.4 Å². The van der Waals surface area contributed by atoms with E-state index < -0.39 is 0 Å². The molecule has 0 saturated heterocycles. The van der Waals surface area contributed by atoms with Crippen molar-refractivity contribution in [2.45, 2.75) is 17.5 Å². The van der Waals surface area contributed by atoms with Crippen molar-refractivity contribution in [1.29, 1.82) is 5.26 Å². The van der Waals surface area contributed by atoms with Crippen LogP contribution in [0.1, 0.15) is 16.9 Å². The van der Waals surface area contributed by atoms with E-state index in [1.165, 1.54) is 11.8 Å². The number of pyridine rings is 1. The second-order valence-corrected chi connectivity index (χ2v) is 8.33. The highest BCUT2D eigenvalue weighted by molar-refractivity contribution is 7.98. The third kappa shape index (κ3) is 3.61. The van der Waals surface area contributed by atoms with Gasteiger partial charge in [-0.15, -0.1) is 0 Å². The zero-order valence-corrected chi connectivity index (χ0v) is 17.7. The van der Waals surface area contributed by atoms with Gasteiger partial charge in [0.15, 0.2) is 5.16 Å². The smallest absolute Gasteiger partial charge is 0.262 e. The van der Waals surface area contributed by atoms with Crippen LogP contribution >= 0.6 is 23.4 Å². The van der Waals surface area contributed by atoms with Crippen molar-refractivity contribution < 1.29 is 4.42 Å². The van der Waals surface area contributed by atoms with E-state index >= 15 is 0 Å². The van der Waals surface area contributed by atoms with E-state index in [9.17, 15) is 10.1 Å². The highest BCUT2D eigenvalue weighted by Crippen LogP contribution is 2.27. The average molecular weight is 447 g/mol. The third-order valence-electron chi connectivity index (χ3n) is 5.01. The van der Waals surface area contributed by atoms with Gasteiger partial charge in [0.2, 0.25) is 0 Å². The molecule has 31 heavy (non-hydrogen) atoms. The second kappa shape index (κ2) is 7.99. The number of thioether (sulfide) groups is 1.